The minimum absolute atomic E-state index is 0.0319. The molecule has 5 heteroatoms. The Kier molecular flexibility index (Phi) is 3.66. The van der Waals surface area contributed by atoms with Crippen molar-refractivity contribution in [1.82, 2.24) is 4.90 Å². The highest BCUT2D eigenvalue weighted by atomic mass is 16.4. The molecule has 0 radical (unpaired) electrons. The molecule has 2 aliphatic rings. The molecule has 2 unspecified atom stereocenters. The molecule has 2 saturated carbocycles. The largest absolute Gasteiger partial charge is 0.481 e. The maximum Gasteiger partial charge on any atom is 0.305 e. The van der Waals surface area contributed by atoms with Gasteiger partial charge in [0, 0.05) is 18.6 Å². The van der Waals surface area contributed by atoms with Crippen molar-refractivity contribution >= 4 is 11.9 Å². The van der Waals surface area contributed by atoms with E-state index < -0.39 is 5.97 Å². The van der Waals surface area contributed by atoms with Crippen LogP contribution < -0.4 is 5.73 Å². The molecule has 0 aromatic carbocycles. The molecule has 96 valence electrons. The molecule has 0 spiro atoms. The van der Waals surface area contributed by atoms with Crippen LogP contribution in [-0.4, -0.2) is 40.5 Å². The second-order valence-corrected chi connectivity index (χ2v) is 5.11. The molecule has 1 amide bonds. The number of amides is 1. The van der Waals surface area contributed by atoms with Crippen LogP contribution in [0.2, 0.25) is 0 Å². The van der Waals surface area contributed by atoms with Gasteiger partial charge in [0.15, 0.2) is 0 Å². The van der Waals surface area contributed by atoms with Crippen LogP contribution in [0.3, 0.4) is 0 Å². The van der Waals surface area contributed by atoms with E-state index in [9.17, 15) is 9.59 Å². The quantitative estimate of drug-likeness (QED) is 0.736. The van der Waals surface area contributed by atoms with Gasteiger partial charge in [0.2, 0.25) is 5.91 Å². The Morgan fingerprint density at radius 2 is 1.94 bits per heavy atom. The van der Waals surface area contributed by atoms with Crippen LogP contribution in [0, 0.1) is 5.92 Å². The first kappa shape index (κ1) is 12.4. The molecular weight excluding hydrogens is 220 g/mol. The van der Waals surface area contributed by atoms with Gasteiger partial charge in [-0.15, -0.1) is 0 Å². The Morgan fingerprint density at radius 1 is 1.24 bits per heavy atom. The zero-order chi connectivity index (χ0) is 12.4. The fourth-order valence-corrected chi connectivity index (χ4v) is 2.58. The number of carboxylic acid groups (broad SMARTS) is 1. The summed E-state index contributed by atoms with van der Waals surface area (Å²) in [4.78, 5) is 24.6. The van der Waals surface area contributed by atoms with E-state index >= 15 is 0 Å². The highest BCUT2D eigenvalue weighted by molar-refractivity contribution is 5.81. The minimum Gasteiger partial charge on any atom is -0.481 e. The van der Waals surface area contributed by atoms with Crippen LogP contribution in [0.1, 0.15) is 38.5 Å². The van der Waals surface area contributed by atoms with Gasteiger partial charge in [-0.25, -0.2) is 0 Å². The van der Waals surface area contributed by atoms with E-state index in [1.807, 2.05) is 0 Å². The maximum atomic E-state index is 12.3. The Morgan fingerprint density at radius 3 is 2.41 bits per heavy atom. The molecule has 5 nitrogen and oxygen atoms in total. The fraction of sp³-hybridized carbons (Fsp3) is 0.833. The number of nitrogens with zero attached hydrogens (tertiary/aromatic N) is 1. The van der Waals surface area contributed by atoms with Crippen molar-refractivity contribution in [3.63, 3.8) is 0 Å². The summed E-state index contributed by atoms with van der Waals surface area (Å²) in [7, 11) is 0. The van der Waals surface area contributed by atoms with E-state index in [0.29, 0.717) is 6.54 Å². The Labute approximate surface area is 101 Å². The van der Waals surface area contributed by atoms with Crippen molar-refractivity contribution in [1.29, 1.82) is 0 Å². The number of rotatable bonds is 5. The smallest absolute Gasteiger partial charge is 0.305 e. The van der Waals surface area contributed by atoms with Gasteiger partial charge in [-0.3, -0.25) is 9.59 Å². The van der Waals surface area contributed by atoms with Gasteiger partial charge in [-0.05, 0) is 25.7 Å². The zero-order valence-electron chi connectivity index (χ0n) is 9.97. The molecular formula is C12H20N2O3. The molecule has 2 rings (SSSR count). The van der Waals surface area contributed by atoms with Crippen LogP contribution in [0.15, 0.2) is 0 Å². The summed E-state index contributed by atoms with van der Waals surface area (Å²) < 4.78 is 0. The van der Waals surface area contributed by atoms with Crippen LogP contribution in [0.25, 0.3) is 0 Å². The molecule has 0 bridgehead atoms. The van der Waals surface area contributed by atoms with Crippen LogP contribution in [-0.2, 0) is 9.59 Å². The highest BCUT2D eigenvalue weighted by Crippen LogP contribution is 2.32. The number of carboxylic acids is 1. The Bertz CT molecular complexity index is 315. The zero-order valence-corrected chi connectivity index (χ0v) is 9.97. The summed E-state index contributed by atoms with van der Waals surface area (Å²) in [6.07, 6.45) is 4.82. The molecule has 0 aliphatic heterocycles. The lowest BCUT2D eigenvalue weighted by molar-refractivity contribution is -0.140. The predicted octanol–water partition coefficient (Wildman–Crippen LogP) is 0.580. The third kappa shape index (κ3) is 2.97. The van der Waals surface area contributed by atoms with Crippen LogP contribution in [0.5, 0.6) is 0 Å². The summed E-state index contributed by atoms with van der Waals surface area (Å²) in [5, 5.41) is 8.70. The van der Waals surface area contributed by atoms with Crippen molar-refractivity contribution in [2.75, 3.05) is 6.54 Å². The molecule has 0 heterocycles. The Balaban J connectivity index is 1.95. The van der Waals surface area contributed by atoms with Crippen molar-refractivity contribution in [3.8, 4) is 0 Å². The number of hydrogen-bond acceptors (Lipinski definition) is 3. The lowest BCUT2D eigenvalue weighted by atomic mass is 10.0. The Hall–Kier alpha value is -1.10. The van der Waals surface area contributed by atoms with E-state index in [0.717, 1.165) is 32.1 Å². The van der Waals surface area contributed by atoms with E-state index in [4.69, 9.17) is 10.8 Å². The van der Waals surface area contributed by atoms with Crippen molar-refractivity contribution < 1.29 is 14.7 Å². The third-order valence-electron chi connectivity index (χ3n) is 3.72. The average molecular weight is 240 g/mol. The van der Waals surface area contributed by atoms with Crippen LogP contribution in [0.4, 0.5) is 0 Å². The van der Waals surface area contributed by atoms with E-state index in [1.165, 1.54) is 0 Å². The maximum absolute atomic E-state index is 12.3. The summed E-state index contributed by atoms with van der Waals surface area (Å²) in [6.45, 7) is 0.335. The van der Waals surface area contributed by atoms with Crippen molar-refractivity contribution in [3.05, 3.63) is 0 Å². The normalized spacial score (nSPS) is 28.1. The molecule has 17 heavy (non-hydrogen) atoms. The third-order valence-corrected chi connectivity index (χ3v) is 3.72. The first-order valence-corrected chi connectivity index (χ1v) is 6.37. The minimum atomic E-state index is -0.848. The number of carbonyl (C=O) groups is 2. The van der Waals surface area contributed by atoms with E-state index in [2.05, 4.69) is 0 Å². The van der Waals surface area contributed by atoms with Crippen molar-refractivity contribution in [2.45, 2.75) is 50.6 Å². The van der Waals surface area contributed by atoms with Gasteiger partial charge < -0.3 is 15.7 Å². The topological polar surface area (TPSA) is 83.6 Å². The van der Waals surface area contributed by atoms with Gasteiger partial charge in [-0.2, -0.15) is 0 Å². The second kappa shape index (κ2) is 5.04. The SMILES string of the molecule is NC1CCCC1C(=O)N(CCC(=O)O)C1CC1. The van der Waals surface area contributed by atoms with Gasteiger partial charge in [-0.1, -0.05) is 6.42 Å². The standard InChI is InChI=1S/C12H20N2O3/c13-10-3-1-2-9(10)12(17)14(8-4-5-8)7-6-11(15)16/h8-10H,1-7,13H2,(H,15,16). The monoisotopic (exact) mass is 240 g/mol. The van der Waals surface area contributed by atoms with Gasteiger partial charge >= 0.3 is 5.97 Å². The molecule has 0 aromatic heterocycles. The number of nitrogens with two attached hydrogens (primary N) is 1. The van der Waals surface area contributed by atoms with E-state index in [1.54, 1.807) is 4.90 Å². The summed E-state index contributed by atoms with van der Waals surface area (Å²) in [5.74, 6) is -0.845. The first-order valence-electron chi connectivity index (χ1n) is 6.37. The molecule has 0 aromatic rings. The summed E-state index contributed by atoms with van der Waals surface area (Å²) >= 11 is 0. The first-order chi connectivity index (χ1) is 8.09. The second-order valence-electron chi connectivity index (χ2n) is 5.11. The number of hydrogen-bond donors (Lipinski definition) is 2. The van der Waals surface area contributed by atoms with Crippen molar-refractivity contribution in [2.24, 2.45) is 11.7 Å². The number of aliphatic carboxylic acids is 1. The lowest BCUT2D eigenvalue weighted by Gasteiger charge is -2.26. The lowest BCUT2D eigenvalue weighted by Crippen LogP contribution is -2.43. The highest BCUT2D eigenvalue weighted by Gasteiger charge is 2.39. The molecule has 2 aliphatic carbocycles. The molecule has 2 fully saturated rings. The summed E-state index contributed by atoms with van der Waals surface area (Å²) in [6, 6.07) is 0.239. The predicted molar refractivity (Wildman–Crippen MR) is 62.3 cm³/mol. The molecule has 3 N–H and O–H groups in total. The van der Waals surface area contributed by atoms with Gasteiger partial charge in [0.25, 0.3) is 0 Å². The van der Waals surface area contributed by atoms with E-state index in [-0.39, 0.29) is 30.3 Å². The molecule has 0 saturated heterocycles. The summed E-state index contributed by atoms with van der Waals surface area (Å²) in [5.41, 5.74) is 5.93. The fourth-order valence-electron chi connectivity index (χ4n) is 2.58. The van der Waals surface area contributed by atoms with Gasteiger partial charge in [0.1, 0.15) is 0 Å². The van der Waals surface area contributed by atoms with Gasteiger partial charge in [0.05, 0.1) is 12.3 Å². The van der Waals surface area contributed by atoms with Crippen LogP contribution >= 0.6 is 0 Å². The molecule has 2 atom stereocenters. The number of carbonyl (C=O) groups excluding carboxylic acids is 1. The average Bonchev–Trinajstić information content (AvgIpc) is 3.00.